The van der Waals surface area contributed by atoms with Gasteiger partial charge < -0.3 is 0 Å². The smallest absolute Gasteiger partial charge is 0.161 e. The van der Waals surface area contributed by atoms with Crippen LogP contribution < -0.4 is 0 Å². The zero-order chi connectivity index (χ0) is 36.3. The van der Waals surface area contributed by atoms with Crippen molar-refractivity contribution in [2.45, 2.75) is 5.41 Å². The fourth-order valence-electron chi connectivity index (χ4n) is 9.13. The Morgan fingerprint density at radius 1 is 0.327 bits per heavy atom. The average molecular weight is 699 g/mol. The van der Waals surface area contributed by atoms with E-state index < -0.39 is 5.41 Å². The van der Waals surface area contributed by atoms with Crippen LogP contribution in [0.25, 0.3) is 77.3 Å². The molecule has 2 heteroatoms. The summed E-state index contributed by atoms with van der Waals surface area (Å²) in [4.78, 5) is 10.9. The number of fused-ring (bicyclic) bond motifs is 7. The van der Waals surface area contributed by atoms with Crippen molar-refractivity contribution in [3.63, 3.8) is 0 Å². The summed E-state index contributed by atoms with van der Waals surface area (Å²) in [6.07, 6.45) is 0. The monoisotopic (exact) mass is 698 g/mol. The SMILES string of the molecule is c1ccc(-c2cc(-c3ccc4c(c3)C(c3ccccc3)(c3ccccc3)c3ccccc3-4)nc(-c3c4ccccc4cc4c3ccc3ccccc34)n2)cc1. The summed E-state index contributed by atoms with van der Waals surface area (Å²) in [5, 5.41) is 7.09. The second-order valence-corrected chi connectivity index (χ2v) is 14.5. The molecule has 0 atom stereocenters. The van der Waals surface area contributed by atoms with Gasteiger partial charge in [0.2, 0.25) is 0 Å². The van der Waals surface area contributed by atoms with Gasteiger partial charge in [-0.2, -0.15) is 0 Å². The molecular weight excluding hydrogens is 665 g/mol. The van der Waals surface area contributed by atoms with Gasteiger partial charge in [-0.05, 0) is 83.9 Å². The van der Waals surface area contributed by atoms with Crippen LogP contribution in [0.5, 0.6) is 0 Å². The molecule has 11 rings (SSSR count). The molecule has 0 radical (unpaired) electrons. The van der Waals surface area contributed by atoms with Gasteiger partial charge in [-0.3, -0.25) is 0 Å². The molecule has 1 aromatic heterocycles. The van der Waals surface area contributed by atoms with E-state index in [1.165, 1.54) is 54.9 Å². The number of nitrogens with zero attached hydrogens (tertiary/aromatic N) is 2. The lowest BCUT2D eigenvalue weighted by Crippen LogP contribution is -2.28. The van der Waals surface area contributed by atoms with Gasteiger partial charge in [-0.15, -0.1) is 0 Å². The summed E-state index contributed by atoms with van der Waals surface area (Å²) in [5.74, 6) is 0.717. The van der Waals surface area contributed by atoms with Crippen molar-refractivity contribution in [3.05, 3.63) is 229 Å². The van der Waals surface area contributed by atoms with Gasteiger partial charge >= 0.3 is 0 Å². The summed E-state index contributed by atoms with van der Waals surface area (Å²) in [5.41, 5.74) is 12.0. The fraction of sp³-hybridized carbons (Fsp3) is 0.0189. The van der Waals surface area contributed by atoms with Crippen LogP contribution in [0.2, 0.25) is 0 Å². The second kappa shape index (κ2) is 12.5. The Balaban J connectivity index is 1.21. The normalized spacial score (nSPS) is 12.9. The largest absolute Gasteiger partial charge is 0.228 e. The van der Waals surface area contributed by atoms with Crippen LogP contribution >= 0.6 is 0 Å². The third-order valence-electron chi connectivity index (χ3n) is 11.5. The van der Waals surface area contributed by atoms with Crippen LogP contribution in [0.1, 0.15) is 22.3 Å². The van der Waals surface area contributed by atoms with E-state index in [0.29, 0.717) is 0 Å². The average Bonchev–Trinajstić information content (AvgIpc) is 3.56. The molecule has 1 aliphatic carbocycles. The predicted molar refractivity (Wildman–Crippen MR) is 228 cm³/mol. The molecule has 0 fully saturated rings. The second-order valence-electron chi connectivity index (χ2n) is 14.5. The Hall–Kier alpha value is -7.16. The van der Waals surface area contributed by atoms with E-state index in [1.54, 1.807) is 0 Å². The molecule has 0 saturated carbocycles. The number of aromatic nitrogens is 2. The highest BCUT2D eigenvalue weighted by Gasteiger charge is 2.46. The molecule has 0 saturated heterocycles. The van der Waals surface area contributed by atoms with Gasteiger partial charge in [0.05, 0.1) is 16.8 Å². The zero-order valence-corrected chi connectivity index (χ0v) is 30.0. The number of hydrogen-bond acceptors (Lipinski definition) is 2. The lowest BCUT2D eigenvalue weighted by Gasteiger charge is -2.34. The molecule has 55 heavy (non-hydrogen) atoms. The molecule has 1 heterocycles. The molecule has 256 valence electrons. The van der Waals surface area contributed by atoms with E-state index in [-0.39, 0.29) is 0 Å². The Morgan fingerprint density at radius 3 is 1.65 bits per heavy atom. The van der Waals surface area contributed by atoms with Crippen LogP contribution in [0.4, 0.5) is 0 Å². The molecule has 0 aliphatic heterocycles. The molecule has 0 spiro atoms. The molecule has 9 aromatic carbocycles. The van der Waals surface area contributed by atoms with Gasteiger partial charge in [-0.1, -0.05) is 188 Å². The van der Waals surface area contributed by atoms with Crippen LogP contribution in [-0.4, -0.2) is 9.97 Å². The van der Waals surface area contributed by atoms with Gasteiger partial charge in [0, 0.05) is 16.7 Å². The van der Waals surface area contributed by atoms with E-state index in [4.69, 9.17) is 9.97 Å². The van der Waals surface area contributed by atoms with Crippen molar-refractivity contribution in [2.75, 3.05) is 0 Å². The summed E-state index contributed by atoms with van der Waals surface area (Å²) >= 11 is 0. The zero-order valence-electron chi connectivity index (χ0n) is 30.0. The Labute approximate surface area is 320 Å². The Bertz CT molecular complexity index is 3040. The highest BCUT2D eigenvalue weighted by molar-refractivity contribution is 6.19. The van der Waals surface area contributed by atoms with Gasteiger partial charge in [-0.25, -0.2) is 9.97 Å². The minimum Gasteiger partial charge on any atom is -0.228 e. The first kappa shape index (κ1) is 31.4. The van der Waals surface area contributed by atoms with Crippen LogP contribution in [-0.2, 0) is 5.41 Å². The molecule has 10 aromatic rings. The highest BCUT2D eigenvalue weighted by atomic mass is 14.9. The summed E-state index contributed by atoms with van der Waals surface area (Å²) in [6.45, 7) is 0. The van der Waals surface area contributed by atoms with Crippen molar-refractivity contribution < 1.29 is 0 Å². The van der Waals surface area contributed by atoms with Crippen molar-refractivity contribution in [1.82, 2.24) is 9.97 Å². The van der Waals surface area contributed by atoms with E-state index in [1.807, 2.05) is 0 Å². The van der Waals surface area contributed by atoms with Gasteiger partial charge in [0.15, 0.2) is 5.82 Å². The van der Waals surface area contributed by atoms with E-state index >= 15 is 0 Å². The quantitative estimate of drug-likeness (QED) is 0.132. The summed E-state index contributed by atoms with van der Waals surface area (Å²) < 4.78 is 0. The molecule has 0 bridgehead atoms. The molecular formula is C53H34N2. The molecule has 2 nitrogen and oxygen atoms in total. The van der Waals surface area contributed by atoms with Crippen LogP contribution in [0.15, 0.2) is 206 Å². The first-order valence-electron chi connectivity index (χ1n) is 18.9. The minimum absolute atomic E-state index is 0.504. The van der Waals surface area contributed by atoms with E-state index in [2.05, 4.69) is 206 Å². The maximum absolute atomic E-state index is 5.54. The Kier molecular flexibility index (Phi) is 7.11. The van der Waals surface area contributed by atoms with E-state index in [0.717, 1.165) is 44.7 Å². The third kappa shape index (κ3) is 4.82. The molecule has 0 N–H and O–H groups in total. The molecule has 0 amide bonds. The van der Waals surface area contributed by atoms with Crippen molar-refractivity contribution in [1.29, 1.82) is 0 Å². The maximum atomic E-state index is 5.54. The van der Waals surface area contributed by atoms with Crippen molar-refractivity contribution >= 4 is 32.3 Å². The molecule has 0 unspecified atom stereocenters. The van der Waals surface area contributed by atoms with Crippen molar-refractivity contribution in [2.24, 2.45) is 0 Å². The first-order chi connectivity index (χ1) is 27.3. The number of rotatable bonds is 5. The predicted octanol–water partition coefficient (Wildman–Crippen LogP) is 13.3. The molecule has 1 aliphatic rings. The topological polar surface area (TPSA) is 25.8 Å². The number of hydrogen-bond donors (Lipinski definition) is 0. The highest BCUT2D eigenvalue weighted by Crippen LogP contribution is 2.56. The lowest BCUT2D eigenvalue weighted by atomic mass is 9.67. The minimum atomic E-state index is -0.504. The van der Waals surface area contributed by atoms with Crippen LogP contribution in [0, 0.1) is 0 Å². The third-order valence-corrected chi connectivity index (χ3v) is 11.5. The fourth-order valence-corrected chi connectivity index (χ4v) is 9.13. The van der Waals surface area contributed by atoms with Gasteiger partial charge in [0.25, 0.3) is 0 Å². The van der Waals surface area contributed by atoms with Crippen molar-refractivity contribution in [3.8, 4) is 45.0 Å². The van der Waals surface area contributed by atoms with Gasteiger partial charge in [0.1, 0.15) is 0 Å². The summed E-state index contributed by atoms with van der Waals surface area (Å²) in [6, 6.07) is 74.5. The first-order valence-corrected chi connectivity index (χ1v) is 18.9. The van der Waals surface area contributed by atoms with E-state index in [9.17, 15) is 0 Å². The maximum Gasteiger partial charge on any atom is 0.161 e. The lowest BCUT2D eigenvalue weighted by molar-refractivity contribution is 0.768. The summed E-state index contributed by atoms with van der Waals surface area (Å²) in [7, 11) is 0. The number of benzene rings is 9. The Morgan fingerprint density at radius 2 is 0.909 bits per heavy atom. The van der Waals surface area contributed by atoms with Crippen LogP contribution in [0.3, 0.4) is 0 Å². The standard InChI is InChI=1S/C53H34N2/c1-4-17-36(18-5-1)49-34-50(55-52(54-49)51-42-25-13-11-19-37(42)32-46-41-24-12-10-16-35(41)28-31-45(46)51)38-29-30-44-43-26-14-15-27-47(43)53(48(44)33-38,39-20-6-2-7-21-39)40-22-8-3-9-23-40/h1-34H.